The van der Waals surface area contributed by atoms with Crippen molar-refractivity contribution in [2.45, 2.75) is 40.2 Å². The predicted octanol–water partition coefficient (Wildman–Crippen LogP) is 3.51. The van der Waals surface area contributed by atoms with Gasteiger partial charge in [-0.3, -0.25) is 4.79 Å². The number of amides is 1. The fraction of sp³-hybridized carbons (Fsp3) is 0.533. The SMILES string of the molecule is Cc1cc(C)c2c(c1C)OC(C)(C)CN2C(=O)CBr. The van der Waals surface area contributed by atoms with Crippen molar-refractivity contribution in [3.05, 3.63) is 22.8 Å². The number of fused-ring (bicyclic) bond motifs is 1. The number of hydrogen-bond acceptors (Lipinski definition) is 2. The smallest absolute Gasteiger partial charge is 0.237 e. The van der Waals surface area contributed by atoms with Gasteiger partial charge in [-0.15, -0.1) is 0 Å². The molecule has 1 amide bonds. The molecule has 1 heterocycles. The Morgan fingerprint density at radius 3 is 2.58 bits per heavy atom. The molecule has 0 bridgehead atoms. The zero-order valence-electron chi connectivity index (χ0n) is 12.1. The number of carbonyl (C=O) groups excluding carboxylic acids is 1. The third-order valence-electron chi connectivity index (χ3n) is 3.56. The molecule has 1 aliphatic heterocycles. The van der Waals surface area contributed by atoms with Gasteiger partial charge >= 0.3 is 0 Å². The Morgan fingerprint density at radius 2 is 2.00 bits per heavy atom. The molecule has 1 aromatic carbocycles. The highest BCUT2D eigenvalue weighted by molar-refractivity contribution is 9.09. The Labute approximate surface area is 123 Å². The molecule has 0 N–H and O–H groups in total. The third-order valence-corrected chi connectivity index (χ3v) is 4.04. The molecule has 2 rings (SSSR count). The number of benzene rings is 1. The van der Waals surface area contributed by atoms with Gasteiger partial charge in [0.1, 0.15) is 11.4 Å². The van der Waals surface area contributed by atoms with E-state index in [4.69, 9.17) is 4.74 Å². The van der Waals surface area contributed by atoms with Gasteiger partial charge in [0, 0.05) is 0 Å². The quantitative estimate of drug-likeness (QED) is 0.739. The van der Waals surface area contributed by atoms with E-state index >= 15 is 0 Å². The normalized spacial score (nSPS) is 16.8. The van der Waals surface area contributed by atoms with E-state index in [0.717, 1.165) is 22.6 Å². The molecule has 0 atom stereocenters. The predicted molar refractivity (Wildman–Crippen MR) is 81.5 cm³/mol. The zero-order chi connectivity index (χ0) is 14.4. The molecule has 1 aromatic rings. The fourth-order valence-electron chi connectivity index (χ4n) is 2.55. The van der Waals surface area contributed by atoms with Crippen molar-refractivity contribution in [3.63, 3.8) is 0 Å². The number of rotatable bonds is 1. The van der Waals surface area contributed by atoms with Crippen molar-refractivity contribution in [1.82, 2.24) is 0 Å². The molecular weight excluding hydrogens is 306 g/mol. The average Bonchev–Trinajstić information content (AvgIpc) is 2.32. The molecule has 0 fully saturated rings. The summed E-state index contributed by atoms with van der Waals surface area (Å²) in [7, 11) is 0. The summed E-state index contributed by atoms with van der Waals surface area (Å²) in [5.41, 5.74) is 3.95. The molecule has 0 saturated carbocycles. The van der Waals surface area contributed by atoms with Crippen molar-refractivity contribution in [2.75, 3.05) is 16.8 Å². The first-order chi connectivity index (χ1) is 8.76. The fourth-order valence-corrected chi connectivity index (χ4v) is 2.85. The van der Waals surface area contributed by atoms with Crippen molar-refractivity contribution < 1.29 is 9.53 Å². The largest absolute Gasteiger partial charge is 0.484 e. The van der Waals surface area contributed by atoms with E-state index < -0.39 is 0 Å². The number of ether oxygens (including phenoxy) is 1. The highest BCUT2D eigenvalue weighted by atomic mass is 79.9. The number of anilines is 1. The number of carbonyl (C=O) groups is 1. The lowest BCUT2D eigenvalue weighted by Crippen LogP contribution is -2.50. The molecular formula is C15H20BrNO2. The third kappa shape index (κ3) is 2.50. The number of aryl methyl sites for hydroxylation is 2. The number of nitrogens with zero attached hydrogens (tertiary/aromatic N) is 1. The summed E-state index contributed by atoms with van der Waals surface area (Å²) >= 11 is 3.27. The minimum absolute atomic E-state index is 0.0731. The first kappa shape index (κ1) is 14.4. The van der Waals surface area contributed by atoms with Crippen LogP contribution in [0.2, 0.25) is 0 Å². The van der Waals surface area contributed by atoms with E-state index in [-0.39, 0.29) is 11.5 Å². The van der Waals surface area contributed by atoms with Crippen LogP contribution in [-0.2, 0) is 4.79 Å². The van der Waals surface area contributed by atoms with Crippen LogP contribution in [0.5, 0.6) is 5.75 Å². The molecule has 3 nitrogen and oxygen atoms in total. The maximum atomic E-state index is 12.2. The monoisotopic (exact) mass is 325 g/mol. The molecule has 0 spiro atoms. The van der Waals surface area contributed by atoms with Crippen molar-refractivity contribution in [1.29, 1.82) is 0 Å². The van der Waals surface area contributed by atoms with Gasteiger partial charge in [-0.2, -0.15) is 0 Å². The van der Waals surface area contributed by atoms with E-state index in [9.17, 15) is 4.79 Å². The molecule has 0 aromatic heterocycles. The van der Waals surface area contributed by atoms with Gasteiger partial charge in [0.05, 0.1) is 17.6 Å². The van der Waals surface area contributed by atoms with Crippen molar-refractivity contribution >= 4 is 27.5 Å². The highest BCUT2D eigenvalue weighted by Crippen LogP contribution is 2.43. The second-order valence-corrected chi connectivity index (χ2v) is 6.35. The number of alkyl halides is 1. The first-order valence-electron chi connectivity index (χ1n) is 6.43. The van der Waals surface area contributed by atoms with Gasteiger partial charge in [0.15, 0.2) is 0 Å². The summed E-state index contributed by atoms with van der Waals surface area (Å²) in [5, 5.41) is 0.328. The topological polar surface area (TPSA) is 29.5 Å². The summed E-state index contributed by atoms with van der Waals surface area (Å²) < 4.78 is 6.13. The van der Waals surface area contributed by atoms with Crippen LogP contribution in [0.25, 0.3) is 0 Å². The molecule has 0 aliphatic carbocycles. The Kier molecular flexibility index (Phi) is 3.65. The lowest BCUT2D eigenvalue weighted by molar-refractivity contribution is -0.117. The lowest BCUT2D eigenvalue weighted by atomic mass is 9.97. The van der Waals surface area contributed by atoms with Gasteiger partial charge in [0.2, 0.25) is 5.91 Å². The van der Waals surface area contributed by atoms with Gasteiger partial charge in [0.25, 0.3) is 0 Å². The van der Waals surface area contributed by atoms with E-state index in [0.29, 0.717) is 11.9 Å². The maximum Gasteiger partial charge on any atom is 0.237 e. The maximum absolute atomic E-state index is 12.2. The Morgan fingerprint density at radius 1 is 1.37 bits per heavy atom. The van der Waals surface area contributed by atoms with E-state index in [1.807, 2.05) is 32.6 Å². The highest BCUT2D eigenvalue weighted by Gasteiger charge is 2.36. The number of hydrogen-bond donors (Lipinski definition) is 0. The van der Waals surface area contributed by atoms with Crippen LogP contribution in [0.3, 0.4) is 0 Å². The molecule has 0 unspecified atom stereocenters. The number of halogens is 1. The Bertz CT molecular complexity index is 537. The summed E-state index contributed by atoms with van der Waals surface area (Å²) in [4.78, 5) is 14.0. The van der Waals surface area contributed by atoms with Crippen LogP contribution < -0.4 is 9.64 Å². The second kappa shape index (κ2) is 4.82. The average molecular weight is 326 g/mol. The summed E-state index contributed by atoms with van der Waals surface area (Å²) in [6, 6.07) is 2.12. The molecule has 1 aliphatic rings. The van der Waals surface area contributed by atoms with E-state index in [2.05, 4.69) is 28.9 Å². The minimum atomic E-state index is -0.365. The Hall–Kier alpha value is -1.03. The molecule has 0 radical (unpaired) electrons. The van der Waals surface area contributed by atoms with Crippen LogP contribution >= 0.6 is 15.9 Å². The van der Waals surface area contributed by atoms with Crippen LogP contribution in [0, 0.1) is 20.8 Å². The summed E-state index contributed by atoms with van der Waals surface area (Å²) in [6.07, 6.45) is 0. The van der Waals surface area contributed by atoms with E-state index in [1.165, 1.54) is 5.56 Å². The van der Waals surface area contributed by atoms with Crippen LogP contribution in [0.15, 0.2) is 6.07 Å². The molecule has 104 valence electrons. The lowest BCUT2D eigenvalue weighted by Gasteiger charge is -2.41. The van der Waals surface area contributed by atoms with Gasteiger partial charge in [-0.05, 0) is 51.3 Å². The summed E-state index contributed by atoms with van der Waals surface area (Å²) in [6.45, 7) is 10.8. The van der Waals surface area contributed by atoms with Crippen molar-refractivity contribution in [3.8, 4) is 5.75 Å². The van der Waals surface area contributed by atoms with Crippen LogP contribution in [-0.4, -0.2) is 23.4 Å². The minimum Gasteiger partial charge on any atom is -0.484 e. The van der Waals surface area contributed by atoms with Crippen LogP contribution in [0.4, 0.5) is 5.69 Å². The first-order valence-corrected chi connectivity index (χ1v) is 7.55. The van der Waals surface area contributed by atoms with Gasteiger partial charge in [-0.25, -0.2) is 0 Å². The summed E-state index contributed by atoms with van der Waals surface area (Å²) in [5.74, 6) is 0.923. The van der Waals surface area contributed by atoms with Crippen LogP contribution in [0.1, 0.15) is 30.5 Å². The Balaban J connectivity index is 2.66. The standard InChI is InChI=1S/C15H20BrNO2/c1-9-6-10(2)13-14(11(9)3)19-15(4,5)8-17(13)12(18)7-16/h6H,7-8H2,1-5H3. The zero-order valence-corrected chi connectivity index (χ0v) is 13.7. The van der Waals surface area contributed by atoms with Gasteiger partial charge in [-0.1, -0.05) is 22.0 Å². The van der Waals surface area contributed by atoms with Crippen molar-refractivity contribution in [2.24, 2.45) is 0 Å². The second-order valence-electron chi connectivity index (χ2n) is 5.79. The van der Waals surface area contributed by atoms with E-state index in [1.54, 1.807) is 0 Å². The molecule has 4 heteroatoms. The molecule has 0 saturated heterocycles. The molecule has 19 heavy (non-hydrogen) atoms. The van der Waals surface area contributed by atoms with Gasteiger partial charge < -0.3 is 9.64 Å².